The Hall–Kier alpha value is -4.20. The van der Waals surface area contributed by atoms with Crippen molar-refractivity contribution in [2.75, 3.05) is 24.7 Å². The summed E-state index contributed by atoms with van der Waals surface area (Å²) in [5.74, 6) is -0.398. The van der Waals surface area contributed by atoms with Crippen LogP contribution in [0.4, 0.5) is 10.1 Å². The predicted molar refractivity (Wildman–Crippen MR) is 133 cm³/mol. The SMILES string of the molecule is C[C@@H](NC(=O)CCCN1C(=O)COc2ccc(C(=O)COc3cccc(F)c3)cc21)c1ccccc1. The number of ketones is 1. The van der Waals surface area contributed by atoms with Crippen molar-refractivity contribution >= 4 is 23.3 Å². The highest BCUT2D eigenvalue weighted by molar-refractivity contribution is 6.02. The van der Waals surface area contributed by atoms with Crippen LogP contribution in [0.1, 0.15) is 41.7 Å². The molecule has 36 heavy (non-hydrogen) atoms. The van der Waals surface area contributed by atoms with Gasteiger partial charge in [-0.25, -0.2) is 4.39 Å². The Morgan fingerprint density at radius 3 is 2.67 bits per heavy atom. The van der Waals surface area contributed by atoms with Gasteiger partial charge in [-0.05, 0) is 49.2 Å². The summed E-state index contributed by atoms with van der Waals surface area (Å²) in [7, 11) is 0. The lowest BCUT2D eigenvalue weighted by atomic mass is 10.1. The Balaban J connectivity index is 1.36. The number of rotatable bonds is 10. The minimum Gasteiger partial charge on any atom is -0.485 e. The fraction of sp³-hybridized carbons (Fsp3) is 0.250. The Bertz CT molecular complexity index is 1250. The van der Waals surface area contributed by atoms with Crippen LogP contribution in [0.15, 0.2) is 72.8 Å². The summed E-state index contributed by atoms with van der Waals surface area (Å²) in [4.78, 5) is 39.2. The van der Waals surface area contributed by atoms with Crippen LogP contribution in [0.3, 0.4) is 0 Å². The van der Waals surface area contributed by atoms with Crippen LogP contribution < -0.4 is 19.7 Å². The summed E-state index contributed by atoms with van der Waals surface area (Å²) in [6.45, 7) is 1.84. The summed E-state index contributed by atoms with van der Waals surface area (Å²) in [6.07, 6.45) is 0.691. The van der Waals surface area contributed by atoms with Crippen LogP contribution >= 0.6 is 0 Å². The lowest BCUT2D eigenvalue weighted by molar-refractivity contribution is -0.123. The molecule has 0 bridgehead atoms. The molecule has 0 saturated heterocycles. The second kappa shape index (κ2) is 11.5. The maximum atomic E-state index is 13.3. The van der Waals surface area contributed by atoms with Gasteiger partial charge in [0.25, 0.3) is 5.91 Å². The van der Waals surface area contributed by atoms with Crippen molar-refractivity contribution in [1.29, 1.82) is 0 Å². The maximum absolute atomic E-state index is 13.3. The van der Waals surface area contributed by atoms with Crippen molar-refractivity contribution in [3.8, 4) is 11.5 Å². The Labute approximate surface area is 208 Å². The number of carbonyl (C=O) groups is 3. The molecule has 1 atom stereocenters. The molecular formula is C28H27FN2O5. The number of carbonyl (C=O) groups excluding carboxylic acids is 3. The van der Waals surface area contributed by atoms with Gasteiger partial charge >= 0.3 is 0 Å². The van der Waals surface area contributed by atoms with Crippen LogP contribution in [0.5, 0.6) is 11.5 Å². The van der Waals surface area contributed by atoms with Crippen molar-refractivity contribution in [3.05, 3.63) is 89.7 Å². The molecule has 0 aliphatic carbocycles. The molecule has 0 saturated carbocycles. The van der Waals surface area contributed by atoms with E-state index >= 15 is 0 Å². The summed E-state index contributed by atoms with van der Waals surface area (Å²) in [5.41, 5.74) is 1.82. The van der Waals surface area contributed by atoms with Crippen molar-refractivity contribution in [3.63, 3.8) is 0 Å². The second-order valence-corrected chi connectivity index (χ2v) is 8.49. The van der Waals surface area contributed by atoms with Gasteiger partial charge in [0.1, 0.15) is 17.3 Å². The summed E-state index contributed by atoms with van der Waals surface area (Å²) < 4.78 is 24.3. The fourth-order valence-electron chi connectivity index (χ4n) is 3.95. The largest absolute Gasteiger partial charge is 0.485 e. The van der Waals surface area contributed by atoms with Crippen molar-refractivity contribution in [2.45, 2.75) is 25.8 Å². The summed E-state index contributed by atoms with van der Waals surface area (Å²) in [5, 5.41) is 2.97. The first kappa shape index (κ1) is 24.9. The number of amides is 2. The number of nitrogens with zero attached hydrogens (tertiary/aromatic N) is 1. The highest BCUT2D eigenvalue weighted by Gasteiger charge is 2.26. The van der Waals surface area contributed by atoms with Crippen molar-refractivity contribution < 1.29 is 28.2 Å². The van der Waals surface area contributed by atoms with Crippen molar-refractivity contribution in [1.82, 2.24) is 5.32 Å². The predicted octanol–water partition coefficient (Wildman–Crippen LogP) is 4.47. The van der Waals surface area contributed by atoms with E-state index in [1.54, 1.807) is 24.3 Å². The normalized spacial score (nSPS) is 13.4. The average Bonchev–Trinajstić information content (AvgIpc) is 2.88. The summed E-state index contributed by atoms with van der Waals surface area (Å²) >= 11 is 0. The molecule has 0 aromatic heterocycles. The molecule has 8 heteroatoms. The smallest absolute Gasteiger partial charge is 0.265 e. The highest BCUT2D eigenvalue weighted by Crippen LogP contribution is 2.33. The Kier molecular flexibility index (Phi) is 7.95. The van der Waals surface area contributed by atoms with Gasteiger partial charge < -0.3 is 19.7 Å². The van der Waals surface area contributed by atoms with E-state index in [-0.39, 0.29) is 49.0 Å². The number of nitrogens with one attached hydrogen (secondary N) is 1. The molecule has 1 aliphatic heterocycles. The molecule has 4 rings (SSSR count). The number of Topliss-reactive ketones (excluding diaryl/α,β-unsaturated/α-hetero) is 1. The molecule has 0 radical (unpaired) electrons. The molecule has 0 unspecified atom stereocenters. The number of anilines is 1. The number of hydrogen-bond donors (Lipinski definition) is 1. The van der Waals surface area contributed by atoms with E-state index in [0.29, 0.717) is 30.0 Å². The van der Waals surface area contributed by atoms with Gasteiger partial charge in [-0.3, -0.25) is 14.4 Å². The third kappa shape index (κ3) is 6.27. The van der Waals surface area contributed by atoms with Gasteiger partial charge in [0.05, 0.1) is 11.7 Å². The zero-order valence-corrected chi connectivity index (χ0v) is 19.9. The van der Waals surface area contributed by atoms with Gasteiger partial charge in [-0.1, -0.05) is 36.4 Å². The minimum absolute atomic E-state index is 0.106. The van der Waals surface area contributed by atoms with Crippen LogP contribution in [0.2, 0.25) is 0 Å². The van der Waals surface area contributed by atoms with Gasteiger partial charge in [0.2, 0.25) is 5.91 Å². The third-order valence-corrected chi connectivity index (χ3v) is 5.85. The number of fused-ring (bicyclic) bond motifs is 1. The molecule has 1 heterocycles. The minimum atomic E-state index is -0.455. The maximum Gasteiger partial charge on any atom is 0.265 e. The molecule has 1 N–H and O–H groups in total. The monoisotopic (exact) mass is 490 g/mol. The molecule has 3 aromatic rings. The highest BCUT2D eigenvalue weighted by atomic mass is 19.1. The lowest BCUT2D eigenvalue weighted by Crippen LogP contribution is -2.40. The zero-order chi connectivity index (χ0) is 25.5. The van der Waals surface area contributed by atoms with E-state index in [1.807, 2.05) is 37.3 Å². The second-order valence-electron chi connectivity index (χ2n) is 8.49. The van der Waals surface area contributed by atoms with E-state index in [1.165, 1.54) is 23.1 Å². The van der Waals surface area contributed by atoms with Gasteiger partial charge in [0, 0.05) is 24.6 Å². The van der Waals surface area contributed by atoms with Gasteiger partial charge in [0.15, 0.2) is 19.0 Å². The molecule has 0 spiro atoms. The van der Waals surface area contributed by atoms with E-state index in [9.17, 15) is 18.8 Å². The molecule has 186 valence electrons. The van der Waals surface area contributed by atoms with Gasteiger partial charge in [-0.2, -0.15) is 0 Å². The Morgan fingerprint density at radius 2 is 1.89 bits per heavy atom. The van der Waals surface area contributed by atoms with Gasteiger partial charge in [-0.15, -0.1) is 0 Å². The van der Waals surface area contributed by atoms with E-state index in [0.717, 1.165) is 5.56 Å². The molecular weight excluding hydrogens is 463 g/mol. The first-order valence-corrected chi connectivity index (χ1v) is 11.7. The van der Waals surface area contributed by atoms with Crippen LogP contribution in [0.25, 0.3) is 0 Å². The standard InChI is InChI=1S/C28H27FN2O5/c1-19(20-7-3-2-4-8-20)30-27(33)11-6-14-31-24-15-21(12-13-26(24)36-18-28(31)34)25(32)17-35-23-10-5-9-22(29)16-23/h2-5,7-10,12-13,15-16,19H,6,11,14,17-18H2,1H3,(H,30,33)/t19-/m1/s1. The van der Waals surface area contributed by atoms with Crippen LogP contribution in [0, 0.1) is 5.82 Å². The molecule has 1 aliphatic rings. The van der Waals surface area contributed by atoms with E-state index in [2.05, 4.69) is 5.32 Å². The van der Waals surface area contributed by atoms with Crippen LogP contribution in [-0.2, 0) is 9.59 Å². The number of hydrogen-bond acceptors (Lipinski definition) is 5. The average molecular weight is 491 g/mol. The van der Waals surface area contributed by atoms with Crippen molar-refractivity contribution in [2.24, 2.45) is 0 Å². The van der Waals surface area contributed by atoms with E-state index in [4.69, 9.17) is 9.47 Å². The quantitative estimate of drug-likeness (QED) is 0.424. The molecule has 7 nitrogen and oxygen atoms in total. The number of benzene rings is 3. The van der Waals surface area contributed by atoms with Crippen LogP contribution in [-0.4, -0.2) is 37.4 Å². The zero-order valence-electron chi connectivity index (χ0n) is 19.9. The molecule has 0 fully saturated rings. The number of ether oxygens (including phenoxy) is 2. The molecule has 2 amide bonds. The number of halogens is 1. The summed E-state index contributed by atoms with van der Waals surface area (Å²) in [6, 6.07) is 19.9. The molecule has 3 aromatic carbocycles. The topological polar surface area (TPSA) is 84.9 Å². The third-order valence-electron chi connectivity index (χ3n) is 5.85. The first-order chi connectivity index (χ1) is 17.4. The lowest BCUT2D eigenvalue weighted by Gasteiger charge is -2.29. The van der Waals surface area contributed by atoms with E-state index < -0.39 is 5.82 Å². The first-order valence-electron chi connectivity index (χ1n) is 11.7. The Morgan fingerprint density at radius 1 is 1.08 bits per heavy atom. The fourth-order valence-corrected chi connectivity index (χ4v) is 3.95.